The standard InChI is InChI=1S/C24H34Cl2N4O3/c1-17(2)14-21(27-23(32)19-7-6-18(25)15-20(19)26)24(33)30-11-5-8-28(12-13-30)16-22(31)29-9-3-4-10-29/h6-7,15,17,21H,3-5,8-14,16H2,1-2H3,(H,27,32). The number of carbonyl (C=O) groups excluding carboxylic acids is 3. The first-order chi connectivity index (χ1) is 15.7. The Hall–Kier alpha value is -1.83. The van der Waals surface area contributed by atoms with Gasteiger partial charge in [0.15, 0.2) is 0 Å². The summed E-state index contributed by atoms with van der Waals surface area (Å²) in [6.07, 6.45) is 3.49. The van der Waals surface area contributed by atoms with E-state index in [0.717, 1.165) is 38.9 Å². The summed E-state index contributed by atoms with van der Waals surface area (Å²) in [7, 11) is 0. The first-order valence-corrected chi connectivity index (χ1v) is 12.5. The molecule has 3 rings (SSSR count). The van der Waals surface area contributed by atoms with E-state index in [1.807, 2.05) is 23.6 Å². The van der Waals surface area contributed by atoms with Gasteiger partial charge in [0.2, 0.25) is 11.8 Å². The van der Waals surface area contributed by atoms with Gasteiger partial charge in [0.1, 0.15) is 6.04 Å². The van der Waals surface area contributed by atoms with Crippen LogP contribution in [-0.2, 0) is 9.59 Å². The Morgan fingerprint density at radius 2 is 1.64 bits per heavy atom. The molecule has 2 aliphatic rings. The molecule has 1 N–H and O–H groups in total. The van der Waals surface area contributed by atoms with Gasteiger partial charge in [-0.1, -0.05) is 37.0 Å². The van der Waals surface area contributed by atoms with Gasteiger partial charge >= 0.3 is 0 Å². The average Bonchev–Trinajstić information content (AvgIpc) is 3.20. The van der Waals surface area contributed by atoms with Crippen molar-refractivity contribution in [1.29, 1.82) is 0 Å². The normalized spacial score (nSPS) is 18.3. The lowest BCUT2D eigenvalue weighted by atomic mass is 10.0. The molecule has 33 heavy (non-hydrogen) atoms. The molecule has 2 aliphatic heterocycles. The van der Waals surface area contributed by atoms with E-state index in [1.54, 1.807) is 12.1 Å². The zero-order valence-electron chi connectivity index (χ0n) is 19.5. The number of likely N-dealkylation sites (tertiary alicyclic amines) is 1. The summed E-state index contributed by atoms with van der Waals surface area (Å²) >= 11 is 12.1. The van der Waals surface area contributed by atoms with Gasteiger partial charge in [-0.05, 0) is 49.8 Å². The number of amides is 3. The highest BCUT2D eigenvalue weighted by molar-refractivity contribution is 6.36. The maximum absolute atomic E-state index is 13.4. The van der Waals surface area contributed by atoms with Crippen LogP contribution in [0.4, 0.5) is 0 Å². The smallest absolute Gasteiger partial charge is 0.253 e. The molecular weight excluding hydrogens is 463 g/mol. The molecule has 0 bridgehead atoms. The molecule has 3 amide bonds. The first-order valence-electron chi connectivity index (χ1n) is 11.8. The minimum absolute atomic E-state index is 0.0881. The fourth-order valence-electron chi connectivity index (χ4n) is 4.43. The number of benzene rings is 1. The van der Waals surface area contributed by atoms with Gasteiger partial charge in [-0.3, -0.25) is 19.3 Å². The second-order valence-corrected chi connectivity index (χ2v) is 10.2. The first kappa shape index (κ1) is 25.8. The number of hydrogen-bond acceptors (Lipinski definition) is 4. The molecule has 7 nitrogen and oxygen atoms in total. The number of nitrogens with zero attached hydrogens (tertiary/aromatic N) is 3. The Morgan fingerprint density at radius 1 is 0.939 bits per heavy atom. The van der Waals surface area contributed by atoms with Gasteiger partial charge in [0, 0.05) is 44.3 Å². The maximum atomic E-state index is 13.4. The monoisotopic (exact) mass is 496 g/mol. The largest absolute Gasteiger partial charge is 0.342 e. The highest BCUT2D eigenvalue weighted by Crippen LogP contribution is 2.21. The third-order valence-corrected chi connectivity index (χ3v) is 6.75. The lowest BCUT2D eigenvalue weighted by Gasteiger charge is -2.28. The molecule has 2 saturated heterocycles. The average molecular weight is 497 g/mol. The van der Waals surface area contributed by atoms with Gasteiger partial charge in [0.05, 0.1) is 17.1 Å². The fourth-order valence-corrected chi connectivity index (χ4v) is 4.92. The van der Waals surface area contributed by atoms with Crippen LogP contribution in [0.15, 0.2) is 18.2 Å². The predicted molar refractivity (Wildman–Crippen MR) is 131 cm³/mol. The van der Waals surface area contributed by atoms with Crippen molar-refractivity contribution in [3.05, 3.63) is 33.8 Å². The van der Waals surface area contributed by atoms with E-state index in [9.17, 15) is 14.4 Å². The van der Waals surface area contributed by atoms with Crippen LogP contribution in [0.2, 0.25) is 10.0 Å². The molecule has 0 radical (unpaired) electrons. The molecule has 1 aromatic carbocycles. The van der Waals surface area contributed by atoms with Crippen LogP contribution in [0.5, 0.6) is 0 Å². The third kappa shape index (κ3) is 7.33. The summed E-state index contributed by atoms with van der Waals surface area (Å²) in [5, 5.41) is 3.59. The second-order valence-electron chi connectivity index (χ2n) is 9.32. The minimum atomic E-state index is -0.637. The van der Waals surface area contributed by atoms with Crippen molar-refractivity contribution in [2.75, 3.05) is 45.8 Å². The Bertz CT molecular complexity index is 858. The fraction of sp³-hybridized carbons (Fsp3) is 0.625. The number of hydrogen-bond donors (Lipinski definition) is 1. The topological polar surface area (TPSA) is 73.0 Å². The molecule has 1 atom stereocenters. The Labute approximate surface area is 206 Å². The van der Waals surface area contributed by atoms with Crippen molar-refractivity contribution >= 4 is 40.9 Å². The van der Waals surface area contributed by atoms with Gasteiger partial charge in [-0.15, -0.1) is 0 Å². The van der Waals surface area contributed by atoms with Crippen molar-refractivity contribution in [3.63, 3.8) is 0 Å². The van der Waals surface area contributed by atoms with E-state index in [0.29, 0.717) is 43.2 Å². The molecule has 2 heterocycles. The molecule has 0 aliphatic carbocycles. The Balaban J connectivity index is 1.61. The molecule has 1 unspecified atom stereocenters. The summed E-state index contributed by atoms with van der Waals surface area (Å²) in [5.41, 5.74) is 0.296. The van der Waals surface area contributed by atoms with Crippen LogP contribution < -0.4 is 5.32 Å². The van der Waals surface area contributed by atoms with E-state index in [-0.39, 0.29) is 28.7 Å². The van der Waals surface area contributed by atoms with Crippen molar-refractivity contribution in [1.82, 2.24) is 20.0 Å². The zero-order valence-corrected chi connectivity index (χ0v) is 21.0. The second kappa shape index (κ2) is 12.0. The molecular formula is C24H34Cl2N4O3. The lowest BCUT2D eigenvalue weighted by molar-refractivity contribution is -0.133. The molecule has 0 aromatic heterocycles. The van der Waals surface area contributed by atoms with E-state index in [2.05, 4.69) is 10.2 Å². The van der Waals surface area contributed by atoms with Crippen LogP contribution >= 0.6 is 23.2 Å². The summed E-state index contributed by atoms with van der Waals surface area (Å²) in [5.74, 6) is -0.0725. The number of carbonyl (C=O) groups is 3. The quantitative estimate of drug-likeness (QED) is 0.628. The lowest BCUT2D eigenvalue weighted by Crippen LogP contribution is -2.50. The Kier molecular flexibility index (Phi) is 9.41. The number of nitrogens with one attached hydrogen (secondary N) is 1. The molecule has 9 heteroatoms. The van der Waals surface area contributed by atoms with Gasteiger partial charge in [-0.2, -0.15) is 0 Å². The van der Waals surface area contributed by atoms with E-state index in [4.69, 9.17) is 23.2 Å². The molecule has 182 valence electrons. The SMILES string of the molecule is CC(C)CC(NC(=O)c1ccc(Cl)cc1Cl)C(=O)N1CCCN(CC(=O)N2CCCC2)CC1. The maximum Gasteiger partial charge on any atom is 0.253 e. The van der Waals surface area contributed by atoms with Gasteiger partial charge in [-0.25, -0.2) is 0 Å². The van der Waals surface area contributed by atoms with Crippen molar-refractivity contribution in [2.45, 2.75) is 45.6 Å². The van der Waals surface area contributed by atoms with Crippen LogP contribution in [0.1, 0.15) is 49.9 Å². The van der Waals surface area contributed by atoms with E-state index >= 15 is 0 Å². The highest BCUT2D eigenvalue weighted by atomic mass is 35.5. The van der Waals surface area contributed by atoms with Gasteiger partial charge in [0.25, 0.3) is 5.91 Å². The molecule has 2 fully saturated rings. The zero-order chi connectivity index (χ0) is 24.0. The summed E-state index contributed by atoms with van der Waals surface area (Å²) in [6.45, 7) is 8.74. The Morgan fingerprint density at radius 3 is 2.30 bits per heavy atom. The van der Waals surface area contributed by atoms with Crippen LogP contribution in [0, 0.1) is 5.92 Å². The third-order valence-electron chi connectivity index (χ3n) is 6.20. The summed E-state index contributed by atoms with van der Waals surface area (Å²) in [4.78, 5) is 44.7. The van der Waals surface area contributed by atoms with Crippen LogP contribution in [0.25, 0.3) is 0 Å². The molecule has 1 aromatic rings. The number of halogens is 2. The van der Waals surface area contributed by atoms with E-state index in [1.165, 1.54) is 6.07 Å². The van der Waals surface area contributed by atoms with Crippen molar-refractivity contribution in [3.8, 4) is 0 Å². The summed E-state index contributed by atoms with van der Waals surface area (Å²) in [6, 6.07) is 4.05. The van der Waals surface area contributed by atoms with E-state index < -0.39 is 6.04 Å². The summed E-state index contributed by atoms with van der Waals surface area (Å²) < 4.78 is 0. The molecule has 0 saturated carbocycles. The molecule has 0 spiro atoms. The number of rotatable bonds is 7. The minimum Gasteiger partial charge on any atom is -0.342 e. The van der Waals surface area contributed by atoms with Crippen LogP contribution in [0.3, 0.4) is 0 Å². The van der Waals surface area contributed by atoms with Crippen molar-refractivity contribution in [2.24, 2.45) is 5.92 Å². The van der Waals surface area contributed by atoms with Crippen molar-refractivity contribution < 1.29 is 14.4 Å². The van der Waals surface area contributed by atoms with Gasteiger partial charge < -0.3 is 15.1 Å². The van der Waals surface area contributed by atoms with Crippen LogP contribution in [-0.4, -0.2) is 84.3 Å². The highest BCUT2D eigenvalue weighted by Gasteiger charge is 2.30. The predicted octanol–water partition coefficient (Wildman–Crippen LogP) is 3.29.